The molecule has 2 unspecified atom stereocenters. The zero-order chi connectivity index (χ0) is 14.5. The summed E-state index contributed by atoms with van der Waals surface area (Å²) in [4.78, 5) is 13.8. The lowest BCUT2D eigenvalue weighted by molar-refractivity contribution is 0.0179. The summed E-state index contributed by atoms with van der Waals surface area (Å²) in [6.45, 7) is 9.95. The lowest BCUT2D eigenvalue weighted by atomic mass is 10.1. The van der Waals surface area contributed by atoms with Gasteiger partial charge in [-0.1, -0.05) is 0 Å². The van der Waals surface area contributed by atoms with E-state index in [2.05, 4.69) is 12.2 Å². The Hall–Kier alpha value is -0.810. The van der Waals surface area contributed by atoms with Crippen LogP contribution in [-0.2, 0) is 9.47 Å². The molecule has 1 N–H and O–H groups in total. The van der Waals surface area contributed by atoms with E-state index in [4.69, 9.17) is 9.47 Å². The number of amides is 1. The summed E-state index contributed by atoms with van der Waals surface area (Å²) >= 11 is 0. The van der Waals surface area contributed by atoms with Crippen LogP contribution in [0.2, 0.25) is 0 Å². The van der Waals surface area contributed by atoms with E-state index in [1.807, 2.05) is 20.8 Å². The van der Waals surface area contributed by atoms with Crippen LogP contribution in [0.25, 0.3) is 0 Å². The Labute approximate surface area is 116 Å². The molecule has 0 bridgehead atoms. The van der Waals surface area contributed by atoms with Crippen molar-refractivity contribution in [3.05, 3.63) is 0 Å². The Kier molecular flexibility index (Phi) is 6.07. The lowest BCUT2D eigenvalue weighted by Gasteiger charge is -2.35. The van der Waals surface area contributed by atoms with E-state index in [1.54, 1.807) is 12.0 Å². The summed E-state index contributed by atoms with van der Waals surface area (Å²) in [5.74, 6) is 0. The molecule has 0 saturated carbocycles. The van der Waals surface area contributed by atoms with Gasteiger partial charge in [-0.15, -0.1) is 0 Å². The SMILES string of the molecule is COCC(C)NC1CCCN(C(=O)OC(C)(C)C)C1. The summed E-state index contributed by atoms with van der Waals surface area (Å²) in [5, 5.41) is 3.49. The van der Waals surface area contributed by atoms with Crippen LogP contribution in [0.4, 0.5) is 4.79 Å². The maximum absolute atomic E-state index is 12.0. The second-order valence-electron chi connectivity index (χ2n) is 6.29. The molecule has 1 saturated heterocycles. The summed E-state index contributed by atoms with van der Waals surface area (Å²) in [6.07, 6.45) is 1.89. The summed E-state index contributed by atoms with van der Waals surface area (Å²) in [5.41, 5.74) is -0.430. The highest BCUT2D eigenvalue weighted by Gasteiger charge is 2.27. The first kappa shape index (κ1) is 16.2. The van der Waals surface area contributed by atoms with E-state index < -0.39 is 5.60 Å². The minimum absolute atomic E-state index is 0.210. The molecule has 0 aromatic carbocycles. The predicted octanol–water partition coefficient (Wildman–Crippen LogP) is 2.01. The van der Waals surface area contributed by atoms with Crippen LogP contribution in [0, 0.1) is 0 Å². The Balaban J connectivity index is 2.43. The average molecular weight is 272 g/mol. The fraction of sp³-hybridized carbons (Fsp3) is 0.929. The van der Waals surface area contributed by atoms with Crippen molar-refractivity contribution in [2.75, 3.05) is 26.8 Å². The van der Waals surface area contributed by atoms with E-state index in [0.29, 0.717) is 25.2 Å². The standard InChI is InChI=1S/C14H28N2O3/c1-11(10-18-5)15-12-7-6-8-16(9-12)13(17)19-14(2,3)4/h11-12,15H,6-10H2,1-5H3. The van der Waals surface area contributed by atoms with Gasteiger partial charge in [0.1, 0.15) is 5.60 Å². The van der Waals surface area contributed by atoms with Gasteiger partial charge in [-0.3, -0.25) is 0 Å². The van der Waals surface area contributed by atoms with E-state index in [0.717, 1.165) is 19.4 Å². The minimum atomic E-state index is -0.430. The predicted molar refractivity (Wildman–Crippen MR) is 75.3 cm³/mol. The maximum atomic E-state index is 12.0. The van der Waals surface area contributed by atoms with Gasteiger partial charge in [0.05, 0.1) is 6.61 Å². The number of hydrogen-bond donors (Lipinski definition) is 1. The quantitative estimate of drug-likeness (QED) is 0.850. The van der Waals surface area contributed by atoms with Gasteiger partial charge < -0.3 is 19.7 Å². The molecule has 1 aliphatic rings. The fourth-order valence-electron chi connectivity index (χ4n) is 2.31. The van der Waals surface area contributed by atoms with Gasteiger partial charge in [0.2, 0.25) is 0 Å². The zero-order valence-corrected chi connectivity index (χ0v) is 12.9. The van der Waals surface area contributed by atoms with Crippen LogP contribution < -0.4 is 5.32 Å². The third-order valence-corrected chi connectivity index (χ3v) is 3.01. The molecule has 0 aromatic rings. The molecule has 1 rings (SSSR count). The lowest BCUT2D eigenvalue weighted by Crippen LogP contribution is -2.51. The normalized spacial score (nSPS) is 22.2. The second-order valence-corrected chi connectivity index (χ2v) is 6.29. The molecule has 0 aliphatic carbocycles. The monoisotopic (exact) mass is 272 g/mol. The summed E-state index contributed by atoms with van der Waals surface area (Å²) in [6, 6.07) is 0.625. The molecule has 19 heavy (non-hydrogen) atoms. The molecular weight excluding hydrogens is 244 g/mol. The smallest absolute Gasteiger partial charge is 0.410 e. The number of hydrogen-bond acceptors (Lipinski definition) is 4. The molecule has 112 valence electrons. The first-order valence-corrected chi connectivity index (χ1v) is 7.04. The topological polar surface area (TPSA) is 50.8 Å². The largest absolute Gasteiger partial charge is 0.444 e. The second kappa shape index (κ2) is 7.10. The van der Waals surface area contributed by atoms with Crippen molar-refractivity contribution in [2.45, 2.75) is 58.2 Å². The third-order valence-electron chi connectivity index (χ3n) is 3.01. The molecule has 1 heterocycles. The number of nitrogens with zero attached hydrogens (tertiary/aromatic N) is 1. The van der Waals surface area contributed by atoms with Gasteiger partial charge in [-0.2, -0.15) is 0 Å². The number of carbonyl (C=O) groups excluding carboxylic acids is 1. The van der Waals surface area contributed by atoms with Crippen LogP contribution in [0.5, 0.6) is 0 Å². The first-order chi connectivity index (χ1) is 8.81. The summed E-state index contributed by atoms with van der Waals surface area (Å²) < 4.78 is 10.5. The highest BCUT2D eigenvalue weighted by Crippen LogP contribution is 2.15. The maximum Gasteiger partial charge on any atom is 0.410 e. The first-order valence-electron chi connectivity index (χ1n) is 7.04. The van der Waals surface area contributed by atoms with Crippen LogP contribution >= 0.6 is 0 Å². The van der Waals surface area contributed by atoms with Crippen molar-refractivity contribution >= 4 is 6.09 Å². The highest BCUT2D eigenvalue weighted by atomic mass is 16.6. The highest BCUT2D eigenvalue weighted by molar-refractivity contribution is 5.68. The van der Waals surface area contributed by atoms with Gasteiger partial charge in [0, 0.05) is 32.3 Å². The van der Waals surface area contributed by atoms with Crippen LogP contribution in [-0.4, -0.2) is 55.5 Å². The van der Waals surface area contributed by atoms with E-state index in [9.17, 15) is 4.79 Å². The van der Waals surface area contributed by atoms with E-state index in [1.165, 1.54) is 0 Å². The molecule has 5 nitrogen and oxygen atoms in total. The molecule has 0 radical (unpaired) electrons. The Morgan fingerprint density at radius 1 is 1.47 bits per heavy atom. The molecule has 1 amide bonds. The average Bonchev–Trinajstić information content (AvgIpc) is 2.27. The van der Waals surface area contributed by atoms with Crippen LogP contribution in [0.15, 0.2) is 0 Å². The molecule has 5 heteroatoms. The molecule has 0 aromatic heterocycles. The molecule has 0 spiro atoms. The summed E-state index contributed by atoms with van der Waals surface area (Å²) in [7, 11) is 1.70. The van der Waals surface area contributed by atoms with Crippen molar-refractivity contribution in [1.29, 1.82) is 0 Å². The fourth-order valence-corrected chi connectivity index (χ4v) is 2.31. The Morgan fingerprint density at radius 3 is 2.74 bits per heavy atom. The van der Waals surface area contributed by atoms with Crippen LogP contribution in [0.1, 0.15) is 40.5 Å². The third kappa shape index (κ3) is 6.25. The van der Waals surface area contributed by atoms with Crippen molar-refractivity contribution in [1.82, 2.24) is 10.2 Å². The number of nitrogens with one attached hydrogen (secondary N) is 1. The molecule has 1 fully saturated rings. The number of methoxy groups -OCH3 is 1. The zero-order valence-electron chi connectivity index (χ0n) is 12.9. The van der Waals surface area contributed by atoms with Gasteiger partial charge in [-0.05, 0) is 40.5 Å². The van der Waals surface area contributed by atoms with Gasteiger partial charge in [0.25, 0.3) is 0 Å². The van der Waals surface area contributed by atoms with Crippen LogP contribution in [0.3, 0.4) is 0 Å². The number of ether oxygens (including phenoxy) is 2. The molecular formula is C14H28N2O3. The van der Waals surface area contributed by atoms with Gasteiger partial charge in [-0.25, -0.2) is 4.79 Å². The van der Waals surface area contributed by atoms with Gasteiger partial charge >= 0.3 is 6.09 Å². The number of rotatable bonds is 4. The van der Waals surface area contributed by atoms with Gasteiger partial charge in [0.15, 0.2) is 0 Å². The van der Waals surface area contributed by atoms with Crippen molar-refractivity contribution in [3.63, 3.8) is 0 Å². The van der Waals surface area contributed by atoms with Crippen molar-refractivity contribution < 1.29 is 14.3 Å². The number of piperidine rings is 1. The van der Waals surface area contributed by atoms with E-state index in [-0.39, 0.29) is 6.09 Å². The molecule has 2 atom stereocenters. The minimum Gasteiger partial charge on any atom is -0.444 e. The Bertz CT molecular complexity index is 289. The molecule has 1 aliphatic heterocycles. The van der Waals surface area contributed by atoms with Crippen molar-refractivity contribution in [2.24, 2.45) is 0 Å². The number of carbonyl (C=O) groups is 1. The Morgan fingerprint density at radius 2 is 2.16 bits per heavy atom. The van der Waals surface area contributed by atoms with Crippen molar-refractivity contribution in [3.8, 4) is 0 Å². The van der Waals surface area contributed by atoms with E-state index >= 15 is 0 Å². The number of likely N-dealkylation sites (tertiary alicyclic amines) is 1.